The quantitative estimate of drug-likeness (QED) is 0.0434. The maximum atomic E-state index is 12.8. The van der Waals surface area contributed by atoms with Gasteiger partial charge in [-0.15, -0.1) is 0 Å². The predicted octanol–water partition coefficient (Wildman–Crippen LogP) is -2.41. The summed E-state index contributed by atoms with van der Waals surface area (Å²) in [5, 5.41) is 12.2. The van der Waals surface area contributed by atoms with Crippen LogP contribution in [0.3, 0.4) is 0 Å². The molecule has 7 N–H and O–H groups in total. The van der Waals surface area contributed by atoms with Crippen molar-refractivity contribution in [2.75, 3.05) is 32.9 Å². The number of ether oxygens (including phenoxy) is 1. The van der Waals surface area contributed by atoms with Crippen molar-refractivity contribution in [3.05, 3.63) is 35.9 Å². The van der Waals surface area contributed by atoms with E-state index in [0.717, 1.165) is 10.5 Å². The fourth-order valence-corrected chi connectivity index (χ4v) is 3.66. The Balaban J connectivity index is 2.46. The summed E-state index contributed by atoms with van der Waals surface area (Å²) in [6.45, 7) is 0.459. The summed E-state index contributed by atoms with van der Waals surface area (Å²) in [7, 11) is 0. The van der Waals surface area contributed by atoms with E-state index in [0.29, 0.717) is 32.1 Å². The third kappa shape index (κ3) is 17.8. The molecule has 0 saturated carbocycles. The Kier molecular flexibility index (Phi) is 18.4. The number of nitrogens with one attached hydrogen (secondary N) is 5. The van der Waals surface area contributed by atoms with Gasteiger partial charge in [-0.1, -0.05) is 36.8 Å². The van der Waals surface area contributed by atoms with Crippen LogP contribution >= 0.6 is 0 Å². The topological polar surface area (TPSA) is 235 Å². The van der Waals surface area contributed by atoms with E-state index in [9.17, 15) is 38.4 Å². The fraction of sp³-hybridized carbons (Fsp3) is 0.500. The molecule has 0 aliphatic rings. The van der Waals surface area contributed by atoms with E-state index in [1.54, 1.807) is 37.3 Å². The minimum absolute atomic E-state index is 0.0162. The van der Waals surface area contributed by atoms with Crippen LogP contribution in [0.15, 0.2) is 30.3 Å². The second-order valence-electron chi connectivity index (χ2n) is 9.73. The molecule has 0 aliphatic heterocycles. The summed E-state index contributed by atoms with van der Waals surface area (Å²) < 4.78 is 5.25. The number of hydrogen-bond acceptors (Lipinski definition) is 9. The Hall–Kier alpha value is -4.86. The Morgan fingerprint density at radius 1 is 0.818 bits per heavy atom. The zero-order chi connectivity index (χ0) is 32.7. The van der Waals surface area contributed by atoms with Crippen LogP contribution in [0.2, 0.25) is 0 Å². The molecular formula is C28H41N7O9. The Morgan fingerprint density at radius 3 is 2.09 bits per heavy atom. The first kappa shape index (κ1) is 37.2. The first-order valence-corrected chi connectivity index (χ1v) is 14.0. The lowest BCUT2D eigenvalue weighted by Gasteiger charge is -2.19. The van der Waals surface area contributed by atoms with Gasteiger partial charge in [-0.05, 0) is 25.3 Å². The monoisotopic (exact) mass is 619 g/mol. The van der Waals surface area contributed by atoms with Crippen molar-refractivity contribution in [3.63, 3.8) is 0 Å². The number of nitrogens with two attached hydrogens (primary N) is 1. The largest absolute Gasteiger partial charge is 0.370 e. The molecule has 0 aromatic heterocycles. The van der Waals surface area contributed by atoms with Crippen LogP contribution in [-0.2, 0) is 49.5 Å². The summed E-state index contributed by atoms with van der Waals surface area (Å²) >= 11 is 0. The highest BCUT2D eigenvalue weighted by atomic mass is 16.5. The Labute approximate surface area is 255 Å². The van der Waals surface area contributed by atoms with E-state index in [1.165, 1.54) is 0 Å². The Bertz CT molecular complexity index is 1110. The maximum Gasteiger partial charge on any atom is 0.243 e. The molecule has 2 atom stereocenters. The van der Waals surface area contributed by atoms with Crippen molar-refractivity contribution in [2.45, 2.75) is 57.6 Å². The zero-order valence-electron chi connectivity index (χ0n) is 24.7. The highest BCUT2D eigenvalue weighted by molar-refractivity contribution is 5.92. The molecule has 16 nitrogen and oxygen atoms in total. The molecular weight excluding hydrogens is 578 g/mol. The normalized spacial score (nSPS) is 11.7. The molecule has 0 saturated heterocycles. The molecule has 44 heavy (non-hydrogen) atoms. The summed E-state index contributed by atoms with van der Waals surface area (Å²) in [4.78, 5) is 94.5. The standard InChI is InChI=1S/C28H41N7O9/c1-20(12-23(29)38)44-17-33-26(41)15-32-28(43)22(13-21-8-4-2-5-9-21)34-27(42)16-31-25(40)14-30-24(39)10-6-3-7-11-35(18-36)19-37/h2,4-5,8-9,18-20,22H,3,6-7,10-17H2,1H3,(H2,29,38)(H,30,39)(H,31,40)(H,32,43)(H,33,41)(H,34,42)/t20?,22-/m0/s1. The number of hydrogen-bond donors (Lipinski definition) is 6. The van der Waals surface area contributed by atoms with E-state index < -0.39 is 54.8 Å². The summed E-state index contributed by atoms with van der Waals surface area (Å²) in [5.41, 5.74) is 5.82. The smallest absolute Gasteiger partial charge is 0.243 e. The maximum absolute atomic E-state index is 12.8. The number of carbonyl (C=O) groups is 8. The summed E-state index contributed by atoms with van der Waals surface area (Å²) in [6.07, 6.45) is 2.24. The molecule has 1 unspecified atom stereocenters. The Morgan fingerprint density at radius 2 is 1.43 bits per heavy atom. The first-order valence-electron chi connectivity index (χ1n) is 14.0. The second kappa shape index (κ2) is 21.8. The third-order valence-corrected chi connectivity index (χ3v) is 5.97. The van der Waals surface area contributed by atoms with Crippen LogP contribution in [0.25, 0.3) is 0 Å². The number of amides is 8. The zero-order valence-corrected chi connectivity index (χ0v) is 24.7. The molecule has 242 valence electrons. The van der Waals surface area contributed by atoms with Crippen molar-refractivity contribution >= 4 is 48.3 Å². The van der Waals surface area contributed by atoms with Crippen LogP contribution in [0.4, 0.5) is 0 Å². The minimum Gasteiger partial charge on any atom is -0.370 e. The van der Waals surface area contributed by atoms with Gasteiger partial charge in [-0.25, -0.2) is 0 Å². The number of nitrogens with zero attached hydrogens (tertiary/aromatic N) is 1. The van der Waals surface area contributed by atoms with Gasteiger partial charge in [0.15, 0.2) is 0 Å². The van der Waals surface area contributed by atoms with Crippen LogP contribution in [0.1, 0.15) is 44.6 Å². The van der Waals surface area contributed by atoms with E-state index in [2.05, 4.69) is 26.6 Å². The van der Waals surface area contributed by atoms with Crippen molar-refractivity contribution < 1.29 is 43.1 Å². The van der Waals surface area contributed by atoms with Crippen LogP contribution in [0.5, 0.6) is 0 Å². The number of imide groups is 1. The van der Waals surface area contributed by atoms with Crippen LogP contribution < -0.4 is 32.3 Å². The number of benzene rings is 1. The number of primary amides is 1. The molecule has 1 aromatic carbocycles. The van der Waals surface area contributed by atoms with Crippen molar-refractivity contribution in [2.24, 2.45) is 5.73 Å². The molecule has 0 spiro atoms. The van der Waals surface area contributed by atoms with Gasteiger partial charge >= 0.3 is 0 Å². The van der Waals surface area contributed by atoms with Crippen molar-refractivity contribution in [1.82, 2.24) is 31.5 Å². The van der Waals surface area contributed by atoms with Gasteiger partial charge in [0.05, 0.1) is 32.2 Å². The molecule has 8 amide bonds. The molecule has 0 aliphatic carbocycles. The van der Waals surface area contributed by atoms with Crippen molar-refractivity contribution in [3.8, 4) is 0 Å². The average Bonchev–Trinajstić information content (AvgIpc) is 2.99. The molecule has 0 radical (unpaired) electrons. The second-order valence-corrected chi connectivity index (χ2v) is 9.73. The third-order valence-electron chi connectivity index (χ3n) is 5.97. The number of carbonyl (C=O) groups excluding carboxylic acids is 8. The fourth-order valence-electron chi connectivity index (χ4n) is 3.66. The lowest BCUT2D eigenvalue weighted by molar-refractivity contribution is -0.131. The van der Waals surface area contributed by atoms with Gasteiger partial charge in [0, 0.05) is 19.4 Å². The number of unbranched alkanes of at least 4 members (excludes halogenated alkanes) is 2. The summed E-state index contributed by atoms with van der Waals surface area (Å²) in [6, 6.07) is 7.79. The van der Waals surface area contributed by atoms with Gasteiger partial charge < -0.3 is 37.1 Å². The molecule has 16 heteroatoms. The number of rotatable bonds is 23. The van der Waals surface area contributed by atoms with Gasteiger partial charge in [0.25, 0.3) is 0 Å². The van der Waals surface area contributed by atoms with E-state index >= 15 is 0 Å². The van der Waals surface area contributed by atoms with E-state index in [-0.39, 0.29) is 45.0 Å². The van der Waals surface area contributed by atoms with Crippen LogP contribution in [-0.4, -0.2) is 98.2 Å². The van der Waals surface area contributed by atoms with Gasteiger partial charge in [0.1, 0.15) is 12.8 Å². The SMILES string of the molecule is CC(CC(N)=O)OCNC(=O)CNC(=O)[C@H](Cc1ccccc1)NC(=O)CNC(=O)CNC(=O)CCCCCN(C=O)C=O. The predicted molar refractivity (Wildman–Crippen MR) is 156 cm³/mol. The highest BCUT2D eigenvalue weighted by Gasteiger charge is 2.22. The first-order chi connectivity index (χ1) is 21.0. The van der Waals surface area contributed by atoms with Gasteiger partial charge in [-0.2, -0.15) is 0 Å². The molecule has 0 heterocycles. The lowest BCUT2D eigenvalue weighted by Crippen LogP contribution is -2.52. The molecule has 1 rings (SSSR count). The lowest BCUT2D eigenvalue weighted by atomic mass is 10.1. The van der Waals surface area contributed by atoms with Crippen molar-refractivity contribution in [1.29, 1.82) is 0 Å². The van der Waals surface area contributed by atoms with Gasteiger partial charge in [0.2, 0.25) is 48.3 Å². The highest BCUT2D eigenvalue weighted by Crippen LogP contribution is 2.04. The minimum atomic E-state index is -1.06. The molecule has 0 bridgehead atoms. The molecule has 0 fully saturated rings. The average molecular weight is 620 g/mol. The molecule has 1 aromatic rings. The van der Waals surface area contributed by atoms with Crippen LogP contribution in [0, 0.1) is 0 Å². The summed E-state index contributed by atoms with van der Waals surface area (Å²) in [5.74, 6) is -3.40. The van der Waals surface area contributed by atoms with E-state index in [4.69, 9.17) is 10.5 Å². The van der Waals surface area contributed by atoms with E-state index in [1.807, 2.05) is 0 Å². The van der Waals surface area contributed by atoms with Gasteiger partial charge in [-0.3, -0.25) is 43.3 Å².